The van der Waals surface area contributed by atoms with Crippen LogP contribution in [-0.4, -0.2) is 21.6 Å². The molecule has 0 N–H and O–H groups in total. The Bertz CT molecular complexity index is 816. The minimum atomic E-state index is -0.448. The lowest BCUT2D eigenvalue weighted by molar-refractivity contribution is -0.384. The van der Waals surface area contributed by atoms with Gasteiger partial charge >= 0.3 is 0 Å². The molecule has 24 heavy (non-hydrogen) atoms. The number of carbonyl (C=O) groups excluding carboxylic acids is 1. The van der Waals surface area contributed by atoms with Gasteiger partial charge in [-0.15, -0.1) is 0 Å². The molecule has 1 amide bonds. The third-order valence-electron chi connectivity index (χ3n) is 3.90. The number of hydrogen-bond donors (Lipinski definition) is 0. The van der Waals surface area contributed by atoms with Crippen molar-refractivity contribution in [3.05, 3.63) is 74.8 Å². The van der Waals surface area contributed by atoms with Gasteiger partial charge in [-0.1, -0.05) is 35.9 Å². The first-order valence-electron chi connectivity index (χ1n) is 7.33. The highest BCUT2D eigenvalue weighted by Gasteiger charge is 2.31. The second-order valence-electron chi connectivity index (χ2n) is 5.49. The third-order valence-corrected chi connectivity index (χ3v) is 4.15. The van der Waals surface area contributed by atoms with Crippen LogP contribution in [-0.2, 0) is 4.79 Å². The molecule has 0 saturated carbocycles. The van der Waals surface area contributed by atoms with Gasteiger partial charge < -0.3 is 0 Å². The number of nitro groups is 1. The van der Waals surface area contributed by atoms with E-state index in [2.05, 4.69) is 5.10 Å². The predicted octanol–water partition coefficient (Wildman–Crippen LogP) is 3.95. The van der Waals surface area contributed by atoms with Gasteiger partial charge in [-0.3, -0.25) is 14.9 Å². The first kappa shape index (κ1) is 16.1. The van der Waals surface area contributed by atoms with Crippen molar-refractivity contribution in [2.45, 2.75) is 19.4 Å². The fraction of sp³-hybridized carbons (Fsp3) is 0.176. The van der Waals surface area contributed by atoms with Crippen molar-refractivity contribution in [1.82, 2.24) is 5.01 Å². The Morgan fingerprint density at radius 2 is 1.83 bits per heavy atom. The maximum atomic E-state index is 11.9. The molecule has 3 rings (SSSR count). The Morgan fingerprint density at radius 1 is 1.21 bits per heavy atom. The summed E-state index contributed by atoms with van der Waals surface area (Å²) in [5.74, 6) is -0.178. The number of nitro benzene ring substituents is 1. The molecule has 1 aliphatic heterocycles. The standard InChI is InChI=1S/C17H14ClN3O3/c1-11(22)20-17(13-4-8-15(9-5-13)21(23)24)10-16(19-20)12-2-6-14(18)7-3-12/h2-9,17H,10H2,1H3/t17-/m1/s1. The molecule has 0 bridgehead atoms. The molecule has 0 unspecified atom stereocenters. The van der Waals surface area contributed by atoms with Gasteiger partial charge in [-0.25, -0.2) is 5.01 Å². The molecule has 0 aliphatic carbocycles. The normalized spacial score (nSPS) is 16.8. The van der Waals surface area contributed by atoms with E-state index in [1.807, 2.05) is 12.1 Å². The molecular formula is C17H14ClN3O3. The van der Waals surface area contributed by atoms with E-state index in [4.69, 9.17) is 11.6 Å². The summed E-state index contributed by atoms with van der Waals surface area (Å²) >= 11 is 5.90. The Hall–Kier alpha value is -2.73. The number of non-ortho nitro benzene ring substituents is 1. The number of carbonyl (C=O) groups is 1. The van der Waals surface area contributed by atoms with Crippen LogP contribution in [0.25, 0.3) is 0 Å². The average molecular weight is 344 g/mol. The van der Waals surface area contributed by atoms with Crippen molar-refractivity contribution >= 4 is 28.9 Å². The zero-order valence-corrected chi connectivity index (χ0v) is 13.6. The van der Waals surface area contributed by atoms with Gasteiger partial charge in [0.2, 0.25) is 5.91 Å². The van der Waals surface area contributed by atoms with E-state index in [1.54, 1.807) is 24.3 Å². The van der Waals surface area contributed by atoms with Crippen LogP contribution in [0.15, 0.2) is 53.6 Å². The number of nitrogens with zero attached hydrogens (tertiary/aromatic N) is 3. The predicted molar refractivity (Wildman–Crippen MR) is 91.0 cm³/mol. The Kier molecular flexibility index (Phi) is 4.31. The van der Waals surface area contributed by atoms with Crippen molar-refractivity contribution in [1.29, 1.82) is 0 Å². The van der Waals surface area contributed by atoms with Gasteiger partial charge in [0, 0.05) is 30.5 Å². The smallest absolute Gasteiger partial charge is 0.269 e. The lowest BCUT2D eigenvalue weighted by atomic mass is 9.98. The SMILES string of the molecule is CC(=O)N1N=C(c2ccc(Cl)cc2)C[C@@H]1c1ccc([N+](=O)[O-])cc1. The third kappa shape index (κ3) is 3.14. The van der Waals surface area contributed by atoms with E-state index < -0.39 is 4.92 Å². The highest BCUT2D eigenvalue weighted by atomic mass is 35.5. The fourth-order valence-corrected chi connectivity index (χ4v) is 2.82. The summed E-state index contributed by atoms with van der Waals surface area (Å²) < 4.78 is 0. The van der Waals surface area contributed by atoms with Crippen LogP contribution in [0.5, 0.6) is 0 Å². The van der Waals surface area contributed by atoms with Gasteiger partial charge in [-0.05, 0) is 23.3 Å². The lowest BCUT2D eigenvalue weighted by Crippen LogP contribution is -2.24. The maximum absolute atomic E-state index is 11.9. The van der Waals surface area contributed by atoms with Crippen LogP contribution in [0.2, 0.25) is 5.02 Å². The zero-order valence-electron chi connectivity index (χ0n) is 12.8. The molecule has 122 valence electrons. The molecule has 0 fully saturated rings. The lowest BCUT2D eigenvalue weighted by Gasteiger charge is -2.20. The monoisotopic (exact) mass is 343 g/mol. The van der Waals surface area contributed by atoms with Crippen molar-refractivity contribution in [2.24, 2.45) is 5.10 Å². The highest BCUT2D eigenvalue weighted by molar-refractivity contribution is 6.30. The van der Waals surface area contributed by atoms with Gasteiger partial charge in [0.25, 0.3) is 5.69 Å². The average Bonchev–Trinajstić information content (AvgIpc) is 3.01. The second-order valence-corrected chi connectivity index (χ2v) is 5.92. The number of rotatable bonds is 3. The number of halogens is 1. The summed E-state index contributed by atoms with van der Waals surface area (Å²) in [5, 5.41) is 17.3. The van der Waals surface area contributed by atoms with Crippen LogP contribution in [0.1, 0.15) is 30.5 Å². The van der Waals surface area contributed by atoms with Crippen molar-refractivity contribution in [3.63, 3.8) is 0 Å². The number of amides is 1. The number of benzene rings is 2. The molecule has 0 radical (unpaired) electrons. The summed E-state index contributed by atoms with van der Waals surface area (Å²) in [4.78, 5) is 22.3. The number of hydrazone groups is 1. The molecule has 0 spiro atoms. The van der Waals surface area contributed by atoms with Crippen LogP contribution < -0.4 is 0 Å². The van der Waals surface area contributed by atoms with E-state index in [-0.39, 0.29) is 17.6 Å². The van der Waals surface area contributed by atoms with E-state index >= 15 is 0 Å². The van der Waals surface area contributed by atoms with E-state index in [1.165, 1.54) is 24.1 Å². The molecule has 1 heterocycles. The van der Waals surface area contributed by atoms with Gasteiger partial charge in [-0.2, -0.15) is 5.10 Å². The molecule has 6 nitrogen and oxygen atoms in total. The first-order chi connectivity index (χ1) is 11.5. The van der Waals surface area contributed by atoms with Crippen molar-refractivity contribution < 1.29 is 9.72 Å². The summed E-state index contributed by atoms with van der Waals surface area (Å²) in [5.41, 5.74) is 2.51. The van der Waals surface area contributed by atoms with Crippen molar-refractivity contribution in [3.8, 4) is 0 Å². The zero-order chi connectivity index (χ0) is 17.3. The van der Waals surface area contributed by atoms with Gasteiger partial charge in [0.1, 0.15) is 0 Å². The molecule has 1 aliphatic rings. The molecule has 0 aromatic heterocycles. The topological polar surface area (TPSA) is 75.8 Å². The quantitative estimate of drug-likeness (QED) is 0.625. The maximum Gasteiger partial charge on any atom is 0.269 e. The summed E-state index contributed by atoms with van der Waals surface area (Å²) in [7, 11) is 0. The van der Waals surface area contributed by atoms with Crippen LogP contribution in [0.4, 0.5) is 5.69 Å². The van der Waals surface area contributed by atoms with Gasteiger partial charge in [0.15, 0.2) is 0 Å². The molecule has 2 aromatic rings. The molecule has 2 aromatic carbocycles. The van der Waals surface area contributed by atoms with Crippen LogP contribution in [0, 0.1) is 10.1 Å². The van der Waals surface area contributed by atoms with E-state index in [9.17, 15) is 14.9 Å². The van der Waals surface area contributed by atoms with E-state index in [0.29, 0.717) is 11.4 Å². The van der Waals surface area contributed by atoms with Crippen LogP contribution in [0.3, 0.4) is 0 Å². The largest absolute Gasteiger partial charge is 0.273 e. The van der Waals surface area contributed by atoms with Crippen molar-refractivity contribution in [2.75, 3.05) is 0 Å². The Balaban J connectivity index is 1.90. The highest BCUT2D eigenvalue weighted by Crippen LogP contribution is 2.33. The number of hydrogen-bond acceptors (Lipinski definition) is 4. The minimum absolute atomic E-state index is 0.0185. The fourth-order valence-electron chi connectivity index (χ4n) is 2.70. The Labute approximate surface area is 143 Å². The molecular weight excluding hydrogens is 330 g/mol. The first-order valence-corrected chi connectivity index (χ1v) is 7.71. The second kappa shape index (κ2) is 6.41. The summed E-state index contributed by atoms with van der Waals surface area (Å²) in [6.07, 6.45) is 0.541. The molecule has 0 saturated heterocycles. The molecule has 7 heteroatoms. The summed E-state index contributed by atoms with van der Waals surface area (Å²) in [6.45, 7) is 1.45. The molecule has 1 atom stereocenters. The Morgan fingerprint density at radius 3 is 2.38 bits per heavy atom. The summed E-state index contributed by atoms with van der Waals surface area (Å²) in [6, 6.07) is 13.2. The van der Waals surface area contributed by atoms with Gasteiger partial charge in [0.05, 0.1) is 16.7 Å². The minimum Gasteiger partial charge on any atom is -0.273 e. The van der Waals surface area contributed by atoms with Crippen LogP contribution >= 0.6 is 11.6 Å². The van der Waals surface area contributed by atoms with E-state index in [0.717, 1.165) is 16.8 Å².